The van der Waals surface area contributed by atoms with Gasteiger partial charge in [-0.05, 0) is 24.6 Å². The topological polar surface area (TPSA) is 58.4 Å². The van der Waals surface area contributed by atoms with E-state index in [0.29, 0.717) is 36.8 Å². The summed E-state index contributed by atoms with van der Waals surface area (Å²) in [5.74, 6) is 0. The molecule has 0 saturated carbocycles. The molecule has 3 rings (SSSR count). The van der Waals surface area contributed by atoms with Gasteiger partial charge in [-0.3, -0.25) is 9.58 Å². The first-order chi connectivity index (χ1) is 11.4. The highest BCUT2D eigenvalue weighted by Gasteiger charge is 2.30. The van der Waals surface area contributed by atoms with Crippen LogP contribution in [0.1, 0.15) is 11.3 Å². The minimum Gasteiger partial charge on any atom is -0.296 e. The standard InChI is InChI=1S/C16H21ClN4O2S/c1-13-16(12-19(2)18-13)24(22,23)21-9-7-20(8-10-21)11-14-3-5-15(17)6-4-14/h3-6,12H,7-11H2,1-2H3. The number of aryl methyl sites for hydroxylation is 2. The summed E-state index contributed by atoms with van der Waals surface area (Å²) in [7, 11) is -1.74. The van der Waals surface area contributed by atoms with Crippen molar-refractivity contribution in [2.24, 2.45) is 7.05 Å². The summed E-state index contributed by atoms with van der Waals surface area (Å²) in [5.41, 5.74) is 1.72. The largest absolute Gasteiger partial charge is 0.296 e. The van der Waals surface area contributed by atoms with E-state index < -0.39 is 10.0 Å². The van der Waals surface area contributed by atoms with E-state index >= 15 is 0 Å². The minimum absolute atomic E-state index is 0.302. The lowest BCUT2D eigenvalue weighted by atomic mass is 10.2. The molecule has 130 valence electrons. The molecule has 1 saturated heterocycles. The zero-order valence-corrected chi connectivity index (χ0v) is 15.4. The van der Waals surface area contributed by atoms with Gasteiger partial charge < -0.3 is 0 Å². The zero-order valence-electron chi connectivity index (χ0n) is 13.8. The maximum absolute atomic E-state index is 12.8. The van der Waals surface area contributed by atoms with Crippen LogP contribution in [-0.2, 0) is 23.6 Å². The number of aromatic nitrogens is 2. The van der Waals surface area contributed by atoms with Crippen molar-refractivity contribution in [2.45, 2.75) is 18.4 Å². The lowest BCUT2D eigenvalue weighted by molar-refractivity contribution is 0.181. The number of sulfonamides is 1. The molecule has 0 aliphatic carbocycles. The quantitative estimate of drug-likeness (QED) is 0.826. The van der Waals surface area contributed by atoms with Gasteiger partial charge in [0.05, 0.1) is 5.69 Å². The number of halogens is 1. The van der Waals surface area contributed by atoms with Crippen LogP contribution < -0.4 is 0 Å². The smallest absolute Gasteiger partial charge is 0.246 e. The third-order valence-electron chi connectivity index (χ3n) is 4.24. The molecule has 1 aromatic heterocycles. The van der Waals surface area contributed by atoms with Crippen LogP contribution in [0.5, 0.6) is 0 Å². The average Bonchev–Trinajstić information content (AvgIpc) is 2.89. The maximum Gasteiger partial charge on any atom is 0.246 e. The molecule has 1 aliphatic heterocycles. The summed E-state index contributed by atoms with van der Waals surface area (Å²) in [6.45, 7) is 4.93. The van der Waals surface area contributed by atoms with E-state index in [1.54, 1.807) is 29.2 Å². The highest BCUT2D eigenvalue weighted by atomic mass is 35.5. The van der Waals surface area contributed by atoms with Crippen LogP contribution in [0, 0.1) is 6.92 Å². The first-order valence-electron chi connectivity index (χ1n) is 7.83. The summed E-state index contributed by atoms with van der Waals surface area (Å²) in [5, 5.41) is 4.86. The van der Waals surface area contributed by atoms with Gasteiger partial charge >= 0.3 is 0 Å². The van der Waals surface area contributed by atoms with Crippen LogP contribution in [0.4, 0.5) is 0 Å². The SMILES string of the molecule is Cc1nn(C)cc1S(=O)(=O)N1CCN(Cc2ccc(Cl)cc2)CC1. The Bertz CT molecular complexity index is 809. The van der Waals surface area contributed by atoms with Gasteiger partial charge in [0.15, 0.2) is 0 Å². The highest BCUT2D eigenvalue weighted by molar-refractivity contribution is 7.89. The van der Waals surface area contributed by atoms with Gasteiger partial charge in [0.25, 0.3) is 0 Å². The molecular formula is C16H21ClN4O2S. The van der Waals surface area contributed by atoms with Crippen LogP contribution in [-0.4, -0.2) is 53.6 Å². The fraction of sp³-hybridized carbons (Fsp3) is 0.438. The van der Waals surface area contributed by atoms with Gasteiger partial charge in [0, 0.05) is 51.0 Å². The molecule has 0 atom stereocenters. The second-order valence-electron chi connectivity index (χ2n) is 6.06. The van der Waals surface area contributed by atoms with Crippen molar-refractivity contribution in [3.05, 3.63) is 46.7 Å². The van der Waals surface area contributed by atoms with Gasteiger partial charge in [-0.15, -0.1) is 0 Å². The van der Waals surface area contributed by atoms with Crippen LogP contribution in [0.2, 0.25) is 5.02 Å². The molecule has 0 amide bonds. The predicted octanol–water partition coefficient (Wildman–Crippen LogP) is 1.89. The minimum atomic E-state index is -3.47. The van der Waals surface area contributed by atoms with Gasteiger partial charge in [-0.1, -0.05) is 23.7 Å². The van der Waals surface area contributed by atoms with Gasteiger partial charge in [-0.25, -0.2) is 8.42 Å². The van der Waals surface area contributed by atoms with Crippen LogP contribution >= 0.6 is 11.6 Å². The Kier molecular flexibility index (Phi) is 4.96. The molecule has 8 heteroatoms. The zero-order chi connectivity index (χ0) is 17.3. The highest BCUT2D eigenvalue weighted by Crippen LogP contribution is 2.21. The van der Waals surface area contributed by atoms with Crippen molar-refractivity contribution in [1.29, 1.82) is 0 Å². The van der Waals surface area contributed by atoms with E-state index in [-0.39, 0.29) is 0 Å². The third-order valence-corrected chi connectivity index (χ3v) is 6.49. The van der Waals surface area contributed by atoms with Gasteiger partial charge in [0.1, 0.15) is 4.90 Å². The number of benzene rings is 1. The summed E-state index contributed by atoms with van der Waals surface area (Å²) in [6, 6.07) is 7.76. The van der Waals surface area contributed by atoms with Gasteiger partial charge in [0.2, 0.25) is 10.0 Å². The normalized spacial score (nSPS) is 17.3. The molecule has 1 aliphatic rings. The second kappa shape index (κ2) is 6.84. The summed E-state index contributed by atoms with van der Waals surface area (Å²) in [4.78, 5) is 2.56. The maximum atomic E-state index is 12.8. The predicted molar refractivity (Wildman–Crippen MR) is 93.4 cm³/mol. The molecule has 2 heterocycles. The molecule has 24 heavy (non-hydrogen) atoms. The van der Waals surface area contributed by atoms with E-state index in [1.165, 1.54) is 5.56 Å². The Labute approximate surface area is 147 Å². The lowest BCUT2D eigenvalue weighted by Gasteiger charge is -2.33. The number of rotatable bonds is 4. The fourth-order valence-corrected chi connectivity index (χ4v) is 4.69. The van der Waals surface area contributed by atoms with E-state index in [2.05, 4.69) is 10.00 Å². The monoisotopic (exact) mass is 368 g/mol. The molecule has 1 fully saturated rings. The number of piperazine rings is 1. The molecular weight excluding hydrogens is 348 g/mol. The van der Waals surface area contributed by atoms with Crippen molar-refractivity contribution >= 4 is 21.6 Å². The molecule has 0 spiro atoms. The molecule has 0 N–H and O–H groups in total. The molecule has 0 unspecified atom stereocenters. The second-order valence-corrected chi connectivity index (χ2v) is 8.40. The molecule has 0 bridgehead atoms. The molecule has 2 aromatic rings. The van der Waals surface area contributed by atoms with E-state index in [1.807, 2.05) is 24.3 Å². The lowest BCUT2D eigenvalue weighted by Crippen LogP contribution is -2.48. The first kappa shape index (κ1) is 17.4. The van der Waals surface area contributed by atoms with Crippen molar-refractivity contribution in [1.82, 2.24) is 19.0 Å². The molecule has 0 radical (unpaired) electrons. The van der Waals surface area contributed by atoms with E-state index in [0.717, 1.165) is 11.6 Å². The van der Waals surface area contributed by atoms with Crippen molar-refractivity contribution in [3.63, 3.8) is 0 Å². The Hall–Kier alpha value is -1.41. The average molecular weight is 369 g/mol. The van der Waals surface area contributed by atoms with E-state index in [9.17, 15) is 8.42 Å². The van der Waals surface area contributed by atoms with Crippen LogP contribution in [0.15, 0.2) is 35.4 Å². The first-order valence-corrected chi connectivity index (χ1v) is 9.65. The summed E-state index contributed by atoms with van der Waals surface area (Å²) < 4.78 is 28.6. The number of nitrogens with zero attached hydrogens (tertiary/aromatic N) is 4. The summed E-state index contributed by atoms with van der Waals surface area (Å²) in [6.07, 6.45) is 1.57. The van der Waals surface area contributed by atoms with Gasteiger partial charge in [-0.2, -0.15) is 9.40 Å². The van der Waals surface area contributed by atoms with E-state index in [4.69, 9.17) is 11.6 Å². The van der Waals surface area contributed by atoms with Crippen molar-refractivity contribution < 1.29 is 8.42 Å². The Morgan fingerprint density at radius 2 is 1.75 bits per heavy atom. The Balaban J connectivity index is 1.64. The molecule has 6 nitrogen and oxygen atoms in total. The fourth-order valence-electron chi connectivity index (χ4n) is 2.95. The van der Waals surface area contributed by atoms with Crippen LogP contribution in [0.3, 0.4) is 0 Å². The Morgan fingerprint density at radius 1 is 1.12 bits per heavy atom. The number of hydrogen-bond donors (Lipinski definition) is 0. The van der Waals surface area contributed by atoms with Crippen LogP contribution in [0.25, 0.3) is 0 Å². The van der Waals surface area contributed by atoms with Crippen molar-refractivity contribution in [2.75, 3.05) is 26.2 Å². The number of hydrogen-bond acceptors (Lipinski definition) is 4. The summed E-state index contributed by atoms with van der Waals surface area (Å²) >= 11 is 5.90. The third kappa shape index (κ3) is 3.64. The Morgan fingerprint density at radius 3 is 2.29 bits per heavy atom. The molecule has 1 aromatic carbocycles. The van der Waals surface area contributed by atoms with Crippen molar-refractivity contribution in [3.8, 4) is 0 Å².